The van der Waals surface area contributed by atoms with E-state index in [0.717, 1.165) is 0 Å². The largest absolute Gasteiger partial charge is 0.481 e. The van der Waals surface area contributed by atoms with Gasteiger partial charge in [-0.1, -0.05) is 32.4 Å². The molecule has 1 aromatic heterocycles. The van der Waals surface area contributed by atoms with E-state index >= 15 is 0 Å². The minimum absolute atomic E-state index is 0.147. The number of amides is 1. The van der Waals surface area contributed by atoms with E-state index < -0.39 is 17.9 Å². The van der Waals surface area contributed by atoms with E-state index in [1.54, 1.807) is 13.0 Å². The van der Waals surface area contributed by atoms with Crippen LogP contribution in [0.15, 0.2) is 12.3 Å². The number of nitrogens with zero attached hydrogens (tertiary/aromatic N) is 1. The van der Waals surface area contributed by atoms with Gasteiger partial charge in [-0.25, -0.2) is 0 Å². The number of halogens is 1. The number of pyridine rings is 1. The zero-order chi connectivity index (χ0) is 15.5. The number of aliphatic carboxylic acids is 1. The van der Waals surface area contributed by atoms with Gasteiger partial charge in [0.05, 0.1) is 17.0 Å². The normalized spacial score (nSPS) is 12.8. The minimum atomic E-state index is -0.960. The van der Waals surface area contributed by atoms with Crippen molar-refractivity contribution in [1.29, 1.82) is 0 Å². The summed E-state index contributed by atoms with van der Waals surface area (Å²) >= 11 is 6.01. The van der Waals surface area contributed by atoms with Gasteiger partial charge in [0.25, 0.3) is 5.91 Å². The van der Waals surface area contributed by atoms with Crippen molar-refractivity contribution in [1.82, 2.24) is 10.3 Å². The van der Waals surface area contributed by atoms with Crippen LogP contribution in [0.1, 0.15) is 43.2 Å². The fourth-order valence-electron chi connectivity index (χ4n) is 1.68. The summed E-state index contributed by atoms with van der Waals surface area (Å²) in [6.07, 6.45) is 1.25. The molecule has 0 saturated carbocycles. The molecule has 0 spiro atoms. The van der Waals surface area contributed by atoms with Crippen LogP contribution in [0.2, 0.25) is 5.02 Å². The lowest BCUT2D eigenvalue weighted by Crippen LogP contribution is -2.45. The highest BCUT2D eigenvalue weighted by molar-refractivity contribution is 6.33. The monoisotopic (exact) mass is 298 g/mol. The predicted octanol–water partition coefficient (Wildman–Crippen LogP) is 2.66. The Morgan fingerprint density at radius 2 is 2.05 bits per heavy atom. The number of hydrogen-bond donors (Lipinski definition) is 2. The smallest absolute Gasteiger partial charge is 0.305 e. The summed E-state index contributed by atoms with van der Waals surface area (Å²) in [6, 6.07) is 1.10. The number of aromatic nitrogens is 1. The Hall–Kier alpha value is -1.62. The summed E-state index contributed by atoms with van der Waals surface area (Å²) in [5.41, 5.74) is 0.583. The average Bonchev–Trinajstić information content (AvgIpc) is 2.25. The van der Waals surface area contributed by atoms with Crippen molar-refractivity contribution >= 4 is 23.5 Å². The molecule has 0 radical (unpaired) electrons. The molecule has 1 atom stereocenters. The highest BCUT2D eigenvalue weighted by atomic mass is 35.5. The second kappa shape index (κ2) is 6.22. The number of hydrogen-bond acceptors (Lipinski definition) is 3. The van der Waals surface area contributed by atoms with Crippen LogP contribution in [0, 0.1) is 12.3 Å². The molecule has 0 fully saturated rings. The SMILES string of the molecule is Cc1cc(Cl)c(C(=O)NC(CC(=O)O)C(C)(C)C)cn1. The van der Waals surface area contributed by atoms with Gasteiger partial charge in [-0.15, -0.1) is 0 Å². The van der Waals surface area contributed by atoms with Crippen LogP contribution in [-0.4, -0.2) is 28.0 Å². The number of rotatable bonds is 4. The van der Waals surface area contributed by atoms with Crippen molar-refractivity contribution < 1.29 is 14.7 Å². The van der Waals surface area contributed by atoms with E-state index in [4.69, 9.17) is 16.7 Å². The number of carbonyl (C=O) groups excluding carboxylic acids is 1. The van der Waals surface area contributed by atoms with Crippen molar-refractivity contribution in [3.05, 3.63) is 28.5 Å². The highest BCUT2D eigenvalue weighted by Crippen LogP contribution is 2.23. The Kier molecular flexibility index (Phi) is 5.11. The molecule has 0 aromatic carbocycles. The van der Waals surface area contributed by atoms with Gasteiger partial charge >= 0.3 is 5.97 Å². The van der Waals surface area contributed by atoms with Crippen molar-refractivity contribution in [2.24, 2.45) is 5.41 Å². The maximum atomic E-state index is 12.2. The highest BCUT2D eigenvalue weighted by Gasteiger charge is 2.29. The molecule has 1 rings (SSSR count). The van der Waals surface area contributed by atoms with Crippen LogP contribution in [0.4, 0.5) is 0 Å². The van der Waals surface area contributed by atoms with E-state index in [1.807, 2.05) is 20.8 Å². The van der Waals surface area contributed by atoms with Crippen molar-refractivity contribution in [3.63, 3.8) is 0 Å². The van der Waals surface area contributed by atoms with Crippen LogP contribution in [0.25, 0.3) is 0 Å². The maximum absolute atomic E-state index is 12.2. The first kappa shape index (κ1) is 16.4. The van der Waals surface area contributed by atoms with Crippen LogP contribution < -0.4 is 5.32 Å². The van der Waals surface area contributed by atoms with Crippen LogP contribution in [-0.2, 0) is 4.79 Å². The topological polar surface area (TPSA) is 79.3 Å². The van der Waals surface area contributed by atoms with Gasteiger partial charge in [-0.2, -0.15) is 0 Å². The Labute approximate surface area is 123 Å². The summed E-state index contributed by atoms with van der Waals surface area (Å²) in [6.45, 7) is 7.39. The molecule has 6 heteroatoms. The molecule has 5 nitrogen and oxygen atoms in total. The van der Waals surface area contributed by atoms with Crippen LogP contribution in [0.5, 0.6) is 0 Å². The number of aryl methyl sites for hydroxylation is 1. The molecule has 110 valence electrons. The van der Waals surface area contributed by atoms with Gasteiger partial charge in [-0.3, -0.25) is 14.6 Å². The first-order chi connectivity index (χ1) is 9.11. The molecule has 1 aromatic rings. The van der Waals surface area contributed by atoms with E-state index in [-0.39, 0.29) is 17.4 Å². The lowest BCUT2D eigenvalue weighted by atomic mass is 9.84. The first-order valence-corrected chi connectivity index (χ1v) is 6.64. The lowest BCUT2D eigenvalue weighted by molar-refractivity contribution is -0.138. The average molecular weight is 299 g/mol. The first-order valence-electron chi connectivity index (χ1n) is 6.26. The third-order valence-electron chi connectivity index (χ3n) is 2.96. The van der Waals surface area contributed by atoms with E-state index in [1.165, 1.54) is 6.20 Å². The van der Waals surface area contributed by atoms with Gasteiger partial charge in [0, 0.05) is 17.9 Å². The second-order valence-electron chi connectivity index (χ2n) is 5.80. The predicted molar refractivity (Wildman–Crippen MR) is 76.9 cm³/mol. The fourth-order valence-corrected chi connectivity index (χ4v) is 1.97. The Morgan fingerprint density at radius 1 is 1.45 bits per heavy atom. The van der Waals surface area contributed by atoms with E-state index in [9.17, 15) is 9.59 Å². The third kappa shape index (κ3) is 4.49. The van der Waals surface area contributed by atoms with Crippen molar-refractivity contribution in [3.8, 4) is 0 Å². The Balaban J connectivity index is 2.93. The molecule has 20 heavy (non-hydrogen) atoms. The summed E-state index contributed by atoms with van der Waals surface area (Å²) in [5.74, 6) is -1.37. The summed E-state index contributed by atoms with van der Waals surface area (Å²) in [5, 5.41) is 12.0. The second-order valence-corrected chi connectivity index (χ2v) is 6.20. The molecule has 2 N–H and O–H groups in total. The minimum Gasteiger partial charge on any atom is -0.481 e. The molecule has 1 heterocycles. The van der Waals surface area contributed by atoms with Crippen molar-refractivity contribution in [2.45, 2.75) is 40.2 Å². The van der Waals surface area contributed by atoms with E-state index in [0.29, 0.717) is 10.7 Å². The fraction of sp³-hybridized carbons (Fsp3) is 0.500. The number of nitrogens with one attached hydrogen (secondary N) is 1. The Bertz CT molecular complexity index is 524. The van der Waals surface area contributed by atoms with E-state index in [2.05, 4.69) is 10.3 Å². The number of carboxylic acid groups (broad SMARTS) is 1. The van der Waals surface area contributed by atoms with Crippen molar-refractivity contribution in [2.75, 3.05) is 0 Å². The number of carbonyl (C=O) groups is 2. The molecule has 1 amide bonds. The van der Waals surface area contributed by atoms with Gasteiger partial charge in [-0.05, 0) is 18.4 Å². The standard InChI is InChI=1S/C14H19ClN2O3/c1-8-5-10(15)9(7-16-8)13(20)17-11(6-12(18)19)14(2,3)4/h5,7,11H,6H2,1-4H3,(H,17,20)(H,18,19). The molecule has 0 bridgehead atoms. The van der Waals surface area contributed by atoms with Crippen LogP contribution >= 0.6 is 11.6 Å². The van der Waals surface area contributed by atoms with Gasteiger partial charge in [0.15, 0.2) is 0 Å². The Morgan fingerprint density at radius 3 is 2.50 bits per heavy atom. The van der Waals surface area contributed by atoms with Gasteiger partial charge in [0.1, 0.15) is 0 Å². The molecule has 1 unspecified atom stereocenters. The molecule has 0 aliphatic carbocycles. The van der Waals surface area contributed by atoms with Crippen LogP contribution in [0.3, 0.4) is 0 Å². The molecule has 0 aliphatic rings. The van der Waals surface area contributed by atoms with Gasteiger partial charge in [0.2, 0.25) is 0 Å². The summed E-state index contributed by atoms with van der Waals surface area (Å²) in [7, 11) is 0. The third-order valence-corrected chi connectivity index (χ3v) is 3.28. The number of carboxylic acids is 1. The zero-order valence-corrected chi connectivity index (χ0v) is 12.8. The quantitative estimate of drug-likeness (QED) is 0.895. The lowest BCUT2D eigenvalue weighted by Gasteiger charge is -2.30. The molecule has 0 aliphatic heterocycles. The summed E-state index contributed by atoms with van der Waals surface area (Å²) < 4.78 is 0. The zero-order valence-electron chi connectivity index (χ0n) is 12.0. The molecular weight excluding hydrogens is 280 g/mol. The molecule has 0 saturated heterocycles. The molecular formula is C14H19ClN2O3. The maximum Gasteiger partial charge on any atom is 0.305 e. The summed E-state index contributed by atoms with van der Waals surface area (Å²) in [4.78, 5) is 27.1. The van der Waals surface area contributed by atoms with Gasteiger partial charge < -0.3 is 10.4 Å².